The van der Waals surface area contributed by atoms with E-state index in [9.17, 15) is 13.2 Å². The maximum absolute atomic E-state index is 11.2. The Morgan fingerprint density at radius 3 is 2.14 bits per heavy atom. The number of carbonyl (C=O) groups excluding carboxylic acids is 1. The lowest BCUT2D eigenvalue weighted by Crippen LogP contribution is -2.35. The summed E-state index contributed by atoms with van der Waals surface area (Å²) in [5, 5.41) is 1.49. The van der Waals surface area contributed by atoms with Crippen molar-refractivity contribution in [3.63, 3.8) is 0 Å². The number of hydrogen-bond acceptors (Lipinski definition) is 3. The Balaban J connectivity index is 3.87. The first-order valence-corrected chi connectivity index (χ1v) is 9.28. The largest absolute Gasteiger partial charge is 0.351 e. The summed E-state index contributed by atoms with van der Waals surface area (Å²) in [5.41, 5.74) is 0. The van der Waals surface area contributed by atoms with Crippen LogP contribution in [-0.2, 0) is 14.9 Å². The zero-order valence-corrected chi connectivity index (χ0v) is 13.8. The number of rotatable bonds is 13. The fourth-order valence-electron chi connectivity index (χ4n) is 2.15. The van der Waals surface area contributed by atoms with E-state index in [1.165, 1.54) is 32.1 Å². The molecule has 0 aliphatic heterocycles. The standard InChI is InChI=1S/C15H29NO4S/c1-3-5-6-7-8-9-10-11-12-14(21(18,19)20)13-16-15(17)4-2/h4,14H,2-3,5-13H2,1H3,(H,16,17)(H,18,19,20). The first kappa shape index (κ1) is 20.1. The molecule has 1 amide bonds. The minimum Gasteiger partial charge on any atom is -0.351 e. The van der Waals surface area contributed by atoms with E-state index in [2.05, 4.69) is 18.8 Å². The lowest BCUT2D eigenvalue weighted by atomic mass is 10.1. The third-order valence-corrected chi connectivity index (χ3v) is 4.74. The molecule has 0 aliphatic carbocycles. The Morgan fingerprint density at radius 1 is 1.14 bits per heavy atom. The third-order valence-electron chi connectivity index (χ3n) is 3.49. The van der Waals surface area contributed by atoms with E-state index in [-0.39, 0.29) is 6.54 Å². The van der Waals surface area contributed by atoms with Crippen LogP contribution in [0.2, 0.25) is 0 Å². The van der Waals surface area contributed by atoms with Gasteiger partial charge in [0.15, 0.2) is 0 Å². The van der Waals surface area contributed by atoms with Crippen LogP contribution >= 0.6 is 0 Å². The van der Waals surface area contributed by atoms with Gasteiger partial charge in [-0.15, -0.1) is 0 Å². The molecule has 0 bridgehead atoms. The quantitative estimate of drug-likeness (QED) is 0.310. The van der Waals surface area contributed by atoms with E-state index in [1.54, 1.807) is 0 Å². The molecular formula is C15H29NO4S. The summed E-state index contributed by atoms with van der Waals surface area (Å²) < 4.78 is 31.7. The topological polar surface area (TPSA) is 83.5 Å². The van der Waals surface area contributed by atoms with Gasteiger partial charge in [-0.3, -0.25) is 9.35 Å². The van der Waals surface area contributed by atoms with Crippen molar-refractivity contribution in [3.8, 4) is 0 Å². The molecule has 6 heteroatoms. The molecule has 21 heavy (non-hydrogen) atoms. The highest BCUT2D eigenvalue weighted by atomic mass is 32.2. The van der Waals surface area contributed by atoms with Crippen LogP contribution in [-0.4, -0.2) is 30.7 Å². The highest BCUT2D eigenvalue weighted by Crippen LogP contribution is 2.13. The predicted octanol–water partition coefficient (Wildman–Crippen LogP) is 3.08. The minimum absolute atomic E-state index is 0.0693. The fourth-order valence-corrected chi connectivity index (χ4v) is 2.91. The number of hydrogen-bond donors (Lipinski definition) is 2. The summed E-state index contributed by atoms with van der Waals surface area (Å²) in [6.45, 7) is 5.41. The van der Waals surface area contributed by atoms with E-state index in [1.807, 2.05) is 0 Å². The van der Waals surface area contributed by atoms with Crippen molar-refractivity contribution in [1.29, 1.82) is 0 Å². The summed E-state index contributed by atoms with van der Waals surface area (Å²) in [6, 6.07) is 0. The van der Waals surface area contributed by atoms with Gasteiger partial charge in [0.25, 0.3) is 10.1 Å². The van der Waals surface area contributed by atoms with Crippen LogP contribution in [0.25, 0.3) is 0 Å². The summed E-state index contributed by atoms with van der Waals surface area (Å²) in [5.74, 6) is -0.431. The Labute approximate surface area is 128 Å². The molecule has 0 saturated carbocycles. The number of nitrogens with one attached hydrogen (secondary N) is 1. The molecular weight excluding hydrogens is 290 g/mol. The fraction of sp³-hybridized carbons (Fsp3) is 0.800. The van der Waals surface area contributed by atoms with Gasteiger partial charge in [0, 0.05) is 6.54 Å². The molecule has 0 heterocycles. The molecule has 0 aromatic carbocycles. The lowest BCUT2D eigenvalue weighted by molar-refractivity contribution is -0.116. The van der Waals surface area contributed by atoms with Gasteiger partial charge in [-0.05, 0) is 12.5 Å². The van der Waals surface area contributed by atoms with Crippen molar-refractivity contribution < 1.29 is 17.8 Å². The van der Waals surface area contributed by atoms with Crippen molar-refractivity contribution in [2.45, 2.75) is 70.0 Å². The summed E-state index contributed by atoms with van der Waals surface area (Å²) >= 11 is 0. The van der Waals surface area contributed by atoms with Crippen LogP contribution in [0.3, 0.4) is 0 Å². The summed E-state index contributed by atoms with van der Waals surface area (Å²) in [6.07, 6.45) is 10.4. The van der Waals surface area contributed by atoms with Crippen molar-refractivity contribution in [2.24, 2.45) is 0 Å². The van der Waals surface area contributed by atoms with Gasteiger partial charge < -0.3 is 5.32 Å². The van der Waals surface area contributed by atoms with Gasteiger partial charge in [0.05, 0.1) is 0 Å². The first-order chi connectivity index (χ1) is 9.91. The first-order valence-electron chi connectivity index (χ1n) is 7.78. The second kappa shape index (κ2) is 11.7. The van der Waals surface area contributed by atoms with Crippen LogP contribution in [0.1, 0.15) is 64.7 Å². The van der Waals surface area contributed by atoms with Gasteiger partial charge in [-0.25, -0.2) is 0 Å². The molecule has 0 rings (SSSR count). The highest BCUT2D eigenvalue weighted by Gasteiger charge is 2.22. The molecule has 0 fully saturated rings. The molecule has 5 nitrogen and oxygen atoms in total. The number of carbonyl (C=O) groups is 1. The van der Waals surface area contributed by atoms with Gasteiger partial charge in [-0.2, -0.15) is 8.42 Å². The summed E-state index contributed by atoms with van der Waals surface area (Å²) in [7, 11) is -4.12. The average molecular weight is 319 g/mol. The van der Waals surface area contributed by atoms with Crippen LogP contribution < -0.4 is 5.32 Å². The number of amides is 1. The molecule has 0 spiro atoms. The zero-order chi connectivity index (χ0) is 16.1. The Kier molecular flexibility index (Phi) is 11.3. The van der Waals surface area contributed by atoms with Gasteiger partial charge in [0.2, 0.25) is 5.91 Å². The monoisotopic (exact) mass is 319 g/mol. The molecule has 1 atom stereocenters. The van der Waals surface area contributed by atoms with Crippen LogP contribution in [0, 0.1) is 0 Å². The Bertz CT molecular complexity index is 392. The van der Waals surface area contributed by atoms with E-state index in [4.69, 9.17) is 4.55 Å². The molecule has 0 aliphatic rings. The average Bonchev–Trinajstić information content (AvgIpc) is 2.43. The van der Waals surface area contributed by atoms with E-state index in [0.29, 0.717) is 6.42 Å². The maximum Gasteiger partial charge on any atom is 0.269 e. The molecule has 1 unspecified atom stereocenters. The predicted molar refractivity (Wildman–Crippen MR) is 85.8 cm³/mol. The van der Waals surface area contributed by atoms with E-state index in [0.717, 1.165) is 25.3 Å². The summed E-state index contributed by atoms with van der Waals surface area (Å²) in [4.78, 5) is 11.0. The SMILES string of the molecule is C=CC(=O)NCC(CCCCCCCCCC)S(=O)(=O)O. The van der Waals surface area contributed by atoms with E-state index < -0.39 is 21.3 Å². The van der Waals surface area contributed by atoms with Crippen molar-refractivity contribution >= 4 is 16.0 Å². The second-order valence-electron chi connectivity index (χ2n) is 5.35. The van der Waals surface area contributed by atoms with Crippen molar-refractivity contribution in [2.75, 3.05) is 6.54 Å². The van der Waals surface area contributed by atoms with Gasteiger partial charge in [-0.1, -0.05) is 64.9 Å². The van der Waals surface area contributed by atoms with Crippen LogP contribution in [0.4, 0.5) is 0 Å². The van der Waals surface area contributed by atoms with E-state index >= 15 is 0 Å². The maximum atomic E-state index is 11.2. The van der Waals surface area contributed by atoms with Gasteiger partial charge in [0.1, 0.15) is 5.25 Å². The molecule has 0 aromatic rings. The Morgan fingerprint density at radius 2 is 1.67 bits per heavy atom. The minimum atomic E-state index is -4.12. The molecule has 0 aromatic heterocycles. The third kappa shape index (κ3) is 11.5. The Hall–Kier alpha value is -0.880. The normalized spacial score (nSPS) is 12.9. The molecule has 0 saturated heterocycles. The molecule has 2 N–H and O–H groups in total. The second-order valence-corrected chi connectivity index (χ2v) is 7.05. The highest BCUT2D eigenvalue weighted by molar-refractivity contribution is 7.86. The lowest BCUT2D eigenvalue weighted by Gasteiger charge is -2.14. The molecule has 124 valence electrons. The van der Waals surface area contributed by atoms with Crippen molar-refractivity contribution in [3.05, 3.63) is 12.7 Å². The van der Waals surface area contributed by atoms with Crippen LogP contribution in [0.5, 0.6) is 0 Å². The van der Waals surface area contributed by atoms with Crippen LogP contribution in [0.15, 0.2) is 12.7 Å². The zero-order valence-electron chi connectivity index (χ0n) is 13.0. The number of unbranched alkanes of at least 4 members (excludes halogenated alkanes) is 7. The molecule has 0 radical (unpaired) electrons. The smallest absolute Gasteiger partial charge is 0.269 e. The van der Waals surface area contributed by atoms with Gasteiger partial charge >= 0.3 is 0 Å². The van der Waals surface area contributed by atoms with Crippen molar-refractivity contribution in [1.82, 2.24) is 5.32 Å².